The summed E-state index contributed by atoms with van der Waals surface area (Å²) in [6, 6.07) is 0. The van der Waals surface area contributed by atoms with Crippen molar-refractivity contribution in [1.82, 2.24) is 25.3 Å². The zero-order valence-electron chi connectivity index (χ0n) is 11.4. The molecule has 7 nitrogen and oxygen atoms in total. The Labute approximate surface area is 120 Å². The lowest BCUT2D eigenvalue weighted by Gasteiger charge is -2.06. The molecule has 2 heterocycles. The molecule has 0 radical (unpaired) electrons. The lowest BCUT2D eigenvalue weighted by molar-refractivity contribution is -0.118. The van der Waals surface area contributed by atoms with Gasteiger partial charge in [0, 0.05) is 6.54 Å². The van der Waals surface area contributed by atoms with Crippen LogP contribution in [-0.2, 0) is 4.79 Å². The van der Waals surface area contributed by atoms with E-state index in [1.54, 1.807) is 0 Å². The van der Waals surface area contributed by atoms with Gasteiger partial charge in [-0.25, -0.2) is 9.97 Å². The van der Waals surface area contributed by atoms with Crippen LogP contribution >= 0.6 is 11.8 Å². The Balaban J connectivity index is 1.89. The highest BCUT2D eigenvalue weighted by molar-refractivity contribution is 7.99. The molecule has 0 bridgehead atoms. The van der Waals surface area contributed by atoms with E-state index in [0.717, 1.165) is 6.42 Å². The first-order chi connectivity index (χ1) is 9.56. The number of amides is 1. The van der Waals surface area contributed by atoms with E-state index in [-0.39, 0.29) is 17.2 Å². The van der Waals surface area contributed by atoms with Crippen LogP contribution in [0.2, 0.25) is 0 Å². The molecular weight excluding hydrogens is 278 g/mol. The van der Waals surface area contributed by atoms with Crippen LogP contribution in [0.15, 0.2) is 16.3 Å². The zero-order chi connectivity index (χ0) is 14.5. The number of aromatic amines is 2. The molecule has 0 spiro atoms. The fraction of sp³-hybridized carbons (Fsp3) is 0.500. The predicted octanol–water partition coefficient (Wildman–Crippen LogP) is 0.901. The Kier molecular flexibility index (Phi) is 4.78. The summed E-state index contributed by atoms with van der Waals surface area (Å²) in [5.41, 5.74) is 0.419. The summed E-state index contributed by atoms with van der Waals surface area (Å²) < 4.78 is 0. The molecule has 0 saturated heterocycles. The first-order valence-electron chi connectivity index (χ1n) is 6.39. The van der Waals surface area contributed by atoms with Crippen LogP contribution in [0.1, 0.15) is 20.3 Å². The number of H-pyrrole nitrogens is 2. The molecule has 8 heteroatoms. The number of aromatic nitrogens is 4. The lowest BCUT2D eigenvalue weighted by atomic mass is 10.1. The van der Waals surface area contributed by atoms with E-state index >= 15 is 0 Å². The monoisotopic (exact) mass is 295 g/mol. The molecule has 20 heavy (non-hydrogen) atoms. The molecule has 0 fully saturated rings. The molecule has 0 aliphatic rings. The number of thioether (sulfide) groups is 1. The van der Waals surface area contributed by atoms with Crippen molar-refractivity contribution >= 4 is 28.8 Å². The van der Waals surface area contributed by atoms with Gasteiger partial charge in [-0.3, -0.25) is 14.6 Å². The van der Waals surface area contributed by atoms with Crippen molar-refractivity contribution in [2.24, 2.45) is 5.92 Å². The van der Waals surface area contributed by atoms with Crippen LogP contribution in [0.5, 0.6) is 0 Å². The fourth-order valence-corrected chi connectivity index (χ4v) is 2.26. The smallest absolute Gasteiger partial charge is 0.277 e. The van der Waals surface area contributed by atoms with Crippen molar-refractivity contribution in [3.05, 3.63) is 16.7 Å². The third kappa shape index (κ3) is 3.83. The highest BCUT2D eigenvalue weighted by Gasteiger charge is 2.08. The van der Waals surface area contributed by atoms with Gasteiger partial charge in [-0.15, -0.1) is 0 Å². The summed E-state index contributed by atoms with van der Waals surface area (Å²) in [6.45, 7) is 4.88. The molecule has 0 atom stereocenters. The fourth-order valence-electron chi connectivity index (χ4n) is 1.58. The van der Waals surface area contributed by atoms with Gasteiger partial charge in [0.1, 0.15) is 0 Å². The highest BCUT2D eigenvalue weighted by atomic mass is 32.2. The predicted molar refractivity (Wildman–Crippen MR) is 77.7 cm³/mol. The minimum absolute atomic E-state index is 0.0691. The second-order valence-electron chi connectivity index (χ2n) is 4.79. The highest BCUT2D eigenvalue weighted by Crippen LogP contribution is 2.12. The van der Waals surface area contributed by atoms with E-state index in [0.29, 0.717) is 28.8 Å². The Morgan fingerprint density at radius 3 is 3.05 bits per heavy atom. The minimum Gasteiger partial charge on any atom is -0.355 e. The van der Waals surface area contributed by atoms with Crippen molar-refractivity contribution in [3.63, 3.8) is 0 Å². The van der Waals surface area contributed by atoms with E-state index in [9.17, 15) is 9.59 Å². The van der Waals surface area contributed by atoms with Crippen molar-refractivity contribution < 1.29 is 4.79 Å². The van der Waals surface area contributed by atoms with Crippen LogP contribution in [0.4, 0.5) is 0 Å². The number of fused-ring (bicyclic) bond motifs is 1. The molecule has 0 aliphatic carbocycles. The summed E-state index contributed by atoms with van der Waals surface area (Å²) in [6.07, 6.45) is 2.37. The van der Waals surface area contributed by atoms with Crippen LogP contribution in [0, 0.1) is 5.92 Å². The molecule has 2 aromatic rings. The molecule has 108 valence electrons. The molecule has 0 aromatic carbocycles. The number of carbonyl (C=O) groups excluding carboxylic acids is 1. The topological polar surface area (TPSA) is 104 Å². The van der Waals surface area contributed by atoms with Crippen molar-refractivity contribution in [2.75, 3.05) is 12.3 Å². The molecule has 0 unspecified atom stereocenters. The Bertz CT molecular complexity index is 649. The molecule has 3 N–H and O–H groups in total. The maximum absolute atomic E-state index is 11.7. The third-order valence-corrected chi connectivity index (χ3v) is 3.53. The first-order valence-corrected chi connectivity index (χ1v) is 7.37. The maximum Gasteiger partial charge on any atom is 0.277 e. The van der Waals surface area contributed by atoms with Gasteiger partial charge in [0.15, 0.2) is 16.3 Å². The number of imidazole rings is 1. The van der Waals surface area contributed by atoms with E-state index < -0.39 is 0 Å². The Hall–Kier alpha value is -1.83. The molecular formula is C12H17N5O2S. The van der Waals surface area contributed by atoms with Gasteiger partial charge < -0.3 is 10.3 Å². The van der Waals surface area contributed by atoms with Crippen molar-refractivity contribution in [1.29, 1.82) is 0 Å². The van der Waals surface area contributed by atoms with Crippen LogP contribution < -0.4 is 10.9 Å². The Morgan fingerprint density at radius 2 is 2.30 bits per heavy atom. The van der Waals surface area contributed by atoms with Crippen LogP contribution in [-0.4, -0.2) is 38.1 Å². The van der Waals surface area contributed by atoms with Crippen LogP contribution in [0.25, 0.3) is 11.2 Å². The van der Waals surface area contributed by atoms with Gasteiger partial charge in [0.2, 0.25) is 5.91 Å². The number of hydrogen-bond donors (Lipinski definition) is 3. The van der Waals surface area contributed by atoms with E-state index in [1.165, 1.54) is 18.1 Å². The maximum atomic E-state index is 11.7. The van der Waals surface area contributed by atoms with Gasteiger partial charge in [-0.05, 0) is 12.3 Å². The van der Waals surface area contributed by atoms with Gasteiger partial charge in [-0.2, -0.15) is 0 Å². The summed E-state index contributed by atoms with van der Waals surface area (Å²) >= 11 is 1.19. The number of carbonyl (C=O) groups is 1. The number of nitrogens with one attached hydrogen (secondary N) is 3. The van der Waals surface area contributed by atoms with E-state index in [2.05, 4.69) is 39.1 Å². The number of nitrogens with zero attached hydrogens (tertiary/aromatic N) is 2. The van der Waals surface area contributed by atoms with Gasteiger partial charge in [0.25, 0.3) is 5.56 Å². The zero-order valence-corrected chi connectivity index (χ0v) is 12.2. The van der Waals surface area contributed by atoms with E-state index in [4.69, 9.17) is 0 Å². The summed E-state index contributed by atoms with van der Waals surface area (Å²) in [4.78, 5) is 36.7. The lowest BCUT2D eigenvalue weighted by Crippen LogP contribution is -2.27. The average molecular weight is 295 g/mol. The normalized spacial score (nSPS) is 11.2. The Morgan fingerprint density at radius 1 is 1.50 bits per heavy atom. The quantitative estimate of drug-likeness (QED) is 0.542. The third-order valence-electron chi connectivity index (χ3n) is 2.66. The summed E-state index contributed by atoms with van der Waals surface area (Å²) in [5, 5.41) is 3.23. The number of rotatable bonds is 6. The van der Waals surface area contributed by atoms with Gasteiger partial charge >= 0.3 is 0 Å². The van der Waals surface area contributed by atoms with Crippen molar-refractivity contribution in [2.45, 2.75) is 25.4 Å². The SMILES string of the molecule is CC(C)CCNC(=O)CSc1nc2nc[nH]c2c(=O)[nH]1. The average Bonchev–Trinajstić information content (AvgIpc) is 2.84. The van der Waals surface area contributed by atoms with Crippen LogP contribution in [0.3, 0.4) is 0 Å². The molecule has 1 amide bonds. The minimum atomic E-state index is -0.282. The first kappa shape index (κ1) is 14.6. The number of hydrogen-bond acceptors (Lipinski definition) is 5. The van der Waals surface area contributed by atoms with E-state index in [1.807, 2.05) is 0 Å². The molecule has 2 aromatic heterocycles. The molecule has 0 saturated carbocycles. The second-order valence-corrected chi connectivity index (χ2v) is 5.76. The van der Waals surface area contributed by atoms with Crippen molar-refractivity contribution in [3.8, 4) is 0 Å². The largest absolute Gasteiger partial charge is 0.355 e. The molecule has 0 aliphatic heterocycles. The summed E-state index contributed by atoms with van der Waals surface area (Å²) in [5.74, 6) is 0.709. The standard InChI is InChI=1S/C12H17N5O2S/c1-7(2)3-4-13-8(18)5-20-12-16-10-9(11(19)17-12)14-6-15-10/h6-7H,3-5H2,1-2H3,(H,13,18)(H2,14,15,16,17,19). The summed E-state index contributed by atoms with van der Waals surface area (Å²) in [7, 11) is 0. The van der Waals surface area contributed by atoms with Gasteiger partial charge in [-0.1, -0.05) is 25.6 Å². The van der Waals surface area contributed by atoms with Gasteiger partial charge in [0.05, 0.1) is 12.1 Å². The second kappa shape index (κ2) is 6.56. The molecule has 2 rings (SSSR count).